The second-order valence-corrected chi connectivity index (χ2v) is 4.91. The van der Waals surface area contributed by atoms with E-state index in [9.17, 15) is 14.7 Å². The standard InChI is InChI=1S/C11H18N2O3/c1-7-3-4-8(14)5-9(7)13-10(15)6-12(2)11(13)16/h7-9,14H,3-6H2,1-2H3. The first kappa shape index (κ1) is 11.4. The largest absolute Gasteiger partial charge is 0.393 e. The molecule has 0 aromatic rings. The van der Waals surface area contributed by atoms with Gasteiger partial charge in [0.2, 0.25) is 0 Å². The molecule has 3 amide bonds. The number of rotatable bonds is 1. The minimum absolute atomic E-state index is 0.131. The highest BCUT2D eigenvalue weighted by molar-refractivity contribution is 6.02. The van der Waals surface area contributed by atoms with Crippen LogP contribution in [0.4, 0.5) is 4.79 Å². The van der Waals surface area contributed by atoms with Gasteiger partial charge in [0.1, 0.15) is 6.54 Å². The van der Waals surface area contributed by atoms with E-state index in [0.29, 0.717) is 6.42 Å². The van der Waals surface area contributed by atoms with Gasteiger partial charge in [-0.05, 0) is 25.2 Å². The van der Waals surface area contributed by atoms with Gasteiger partial charge in [0, 0.05) is 13.1 Å². The van der Waals surface area contributed by atoms with Gasteiger partial charge in [-0.3, -0.25) is 9.69 Å². The summed E-state index contributed by atoms with van der Waals surface area (Å²) >= 11 is 0. The molecule has 1 N–H and O–H groups in total. The lowest BCUT2D eigenvalue weighted by Gasteiger charge is -2.36. The summed E-state index contributed by atoms with van der Waals surface area (Å²) in [5, 5.41) is 9.63. The molecule has 2 aliphatic rings. The van der Waals surface area contributed by atoms with Crippen molar-refractivity contribution in [3.63, 3.8) is 0 Å². The van der Waals surface area contributed by atoms with Gasteiger partial charge in [0.15, 0.2) is 0 Å². The molecule has 1 saturated carbocycles. The molecule has 0 aromatic heterocycles. The third-order valence-electron chi connectivity index (χ3n) is 3.63. The highest BCUT2D eigenvalue weighted by Gasteiger charge is 2.42. The van der Waals surface area contributed by atoms with E-state index in [1.807, 2.05) is 6.92 Å². The van der Waals surface area contributed by atoms with E-state index in [-0.39, 0.29) is 36.5 Å². The van der Waals surface area contributed by atoms with Gasteiger partial charge in [-0.2, -0.15) is 0 Å². The number of likely N-dealkylation sites (N-methyl/N-ethyl adjacent to an activating group) is 1. The summed E-state index contributed by atoms with van der Waals surface area (Å²) < 4.78 is 0. The molecule has 0 aromatic carbocycles. The predicted molar refractivity (Wildman–Crippen MR) is 57.7 cm³/mol. The Balaban J connectivity index is 2.16. The van der Waals surface area contributed by atoms with Gasteiger partial charge >= 0.3 is 6.03 Å². The Labute approximate surface area is 95.0 Å². The van der Waals surface area contributed by atoms with Crippen LogP contribution >= 0.6 is 0 Å². The second kappa shape index (κ2) is 4.05. The van der Waals surface area contributed by atoms with Crippen molar-refractivity contribution in [2.24, 2.45) is 5.92 Å². The SMILES string of the molecule is CC1CCC(O)CC1N1C(=O)CN(C)C1=O. The Kier molecular flexibility index (Phi) is 2.88. The molecule has 0 spiro atoms. The average Bonchev–Trinajstić information content (AvgIpc) is 2.46. The van der Waals surface area contributed by atoms with Crippen molar-refractivity contribution in [2.75, 3.05) is 13.6 Å². The third-order valence-corrected chi connectivity index (χ3v) is 3.63. The molecule has 1 aliphatic heterocycles. The Bertz CT molecular complexity index is 318. The monoisotopic (exact) mass is 226 g/mol. The molecule has 90 valence electrons. The number of urea groups is 1. The molecule has 16 heavy (non-hydrogen) atoms. The zero-order valence-electron chi connectivity index (χ0n) is 9.72. The van der Waals surface area contributed by atoms with Crippen LogP contribution in [0.1, 0.15) is 26.2 Å². The van der Waals surface area contributed by atoms with E-state index in [4.69, 9.17) is 0 Å². The van der Waals surface area contributed by atoms with Crippen LogP contribution in [0.2, 0.25) is 0 Å². The summed E-state index contributed by atoms with van der Waals surface area (Å²) in [6.07, 6.45) is 1.77. The van der Waals surface area contributed by atoms with Crippen LogP contribution in [0, 0.1) is 5.92 Å². The number of carbonyl (C=O) groups is 2. The van der Waals surface area contributed by atoms with Crippen molar-refractivity contribution in [2.45, 2.75) is 38.3 Å². The molecule has 3 atom stereocenters. The van der Waals surface area contributed by atoms with Crippen molar-refractivity contribution < 1.29 is 14.7 Å². The summed E-state index contributed by atoms with van der Waals surface area (Å²) in [6.45, 7) is 2.20. The minimum atomic E-state index is -0.382. The van der Waals surface area contributed by atoms with Gasteiger partial charge in [-0.25, -0.2) is 4.79 Å². The number of hydrogen-bond acceptors (Lipinski definition) is 3. The van der Waals surface area contributed by atoms with Crippen molar-refractivity contribution in [1.82, 2.24) is 9.80 Å². The van der Waals surface area contributed by atoms with E-state index >= 15 is 0 Å². The lowest BCUT2D eigenvalue weighted by atomic mass is 9.83. The van der Waals surface area contributed by atoms with E-state index in [1.165, 1.54) is 9.80 Å². The van der Waals surface area contributed by atoms with Crippen LogP contribution in [0.15, 0.2) is 0 Å². The maximum atomic E-state index is 11.8. The fourth-order valence-electron chi connectivity index (χ4n) is 2.60. The molecular formula is C11H18N2O3. The number of imide groups is 1. The van der Waals surface area contributed by atoms with Gasteiger partial charge in [-0.15, -0.1) is 0 Å². The summed E-state index contributed by atoms with van der Waals surface area (Å²) in [5.74, 6) is 0.140. The number of aliphatic hydroxyl groups is 1. The predicted octanol–water partition coefficient (Wildman–Crippen LogP) is 0.430. The fourth-order valence-corrected chi connectivity index (χ4v) is 2.60. The number of amides is 3. The summed E-state index contributed by atoms with van der Waals surface area (Å²) in [4.78, 5) is 26.3. The maximum absolute atomic E-state index is 11.8. The van der Waals surface area contributed by atoms with Crippen LogP contribution < -0.4 is 0 Å². The fraction of sp³-hybridized carbons (Fsp3) is 0.818. The number of nitrogens with zero attached hydrogens (tertiary/aromatic N) is 2. The Morgan fingerprint density at radius 1 is 1.31 bits per heavy atom. The van der Waals surface area contributed by atoms with Crippen LogP contribution in [0.5, 0.6) is 0 Å². The quantitative estimate of drug-likeness (QED) is 0.659. The van der Waals surface area contributed by atoms with Crippen LogP contribution in [-0.2, 0) is 4.79 Å². The van der Waals surface area contributed by atoms with E-state index < -0.39 is 0 Å². The van der Waals surface area contributed by atoms with Gasteiger partial charge < -0.3 is 10.0 Å². The zero-order valence-corrected chi connectivity index (χ0v) is 9.72. The lowest BCUT2D eigenvalue weighted by Crippen LogP contribution is -2.48. The summed E-state index contributed by atoms with van der Waals surface area (Å²) in [5.41, 5.74) is 0. The van der Waals surface area contributed by atoms with Crippen LogP contribution in [-0.4, -0.2) is 52.6 Å². The molecule has 0 bridgehead atoms. The molecule has 2 rings (SSSR count). The van der Waals surface area contributed by atoms with E-state index in [2.05, 4.69) is 0 Å². The molecule has 1 heterocycles. The first-order valence-electron chi connectivity index (χ1n) is 5.76. The van der Waals surface area contributed by atoms with Crippen LogP contribution in [0.3, 0.4) is 0 Å². The summed E-state index contributed by atoms with van der Waals surface area (Å²) in [7, 11) is 1.63. The van der Waals surface area contributed by atoms with Crippen molar-refractivity contribution in [1.29, 1.82) is 0 Å². The first-order valence-corrected chi connectivity index (χ1v) is 5.76. The normalized spacial score (nSPS) is 36.1. The van der Waals surface area contributed by atoms with Gasteiger partial charge in [-0.1, -0.05) is 6.92 Å². The van der Waals surface area contributed by atoms with E-state index in [1.54, 1.807) is 7.05 Å². The molecule has 5 heteroatoms. The van der Waals surface area contributed by atoms with Crippen molar-refractivity contribution >= 4 is 11.9 Å². The molecule has 5 nitrogen and oxygen atoms in total. The van der Waals surface area contributed by atoms with Crippen molar-refractivity contribution in [3.8, 4) is 0 Å². The van der Waals surface area contributed by atoms with Crippen molar-refractivity contribution in [3.05, 3.63) is 0 Å². The molecule has 2 fully saturated rings. The Morgan fingerprint density at radius 2 is 2.00 bits per heavy atom. The third kappa shape index (κ3) is 1.80. The molecule has 1 aliphatic carbocycles. The highest BCUT2D eigenvalue weighted by atomic mass is 16.3. The summed E-state index contributed by atoms with van der Waals surface area (Å²) in [6, 6.07) is -0.357. The molecule has 1 saturated heterocycles. The minimum Gasteiger partial charge on any atom is -0.393 e. The molecular weight excluding hydrogens is 208 g/mol. The first-order chi connectivity index (χ1) is 7.50. The average molecular weight is 226 g/mol. The number of hydrogen-bond donors (Lipinski definition) is 1. The number of carbonyl (C=O) groups excluding carboxylic acids is 2. The highest BCUT2D eigenvalue weighted by Crippen LogP contribution is 2.30. The Hall–Kier alpha value is -1.10. The van der Waals surface area contributed by atoms with Gasteiger partial charge in [0.05, 0.1) is 6.10 Å². The second-order valence-electron chi connectivity index (χ2n) is 4.91. The van der Waals surface area contributed by atoms with Gasteiger partial charge in [0.25, 0.3) is 5.91 Å². The number of aliphatic hydroxyl groups excluding tert-OH is 1. The molecule has 3 unspecified atom stereocenters. The smallest absolute Gasteiger partial charge is 0.327 e. The molecule has 0 radical (unpaired) electrons. The zero-order chi connectivity index (χ0) is 11.9. The topological polar surface area (TPSA) is 60.9 Å². The van der Waals surface area contributed by atoms with E-state index in [0.717, 1.165) is 12.8 Å². The Morgan fingerprint density at radius 3 is 2.56 bits per heavy atom. The van der Waals surface area contributed by atoms with Crippen LogP contribution in [0.25, 0.3) is 0 Å². The maximum Gasteiger partial charge on any atom is 0.327 e. The lowest BCUT2D eigenvalue weighted by molar-refractivity contribution is -0.128.